The van der Waals surface area contributed by atoms with E-state index in [0.29, 0.717) is 0 Å². The Morgan fingerprint density at radius 1 is 0.250 bits per heavy atom. The zero-order chi connectivity index (χ0) is 39.3. The van der Waals surface area contributed by atoms with Gasteiger partial charge >= 0.3 is 0 Å². The molecule has 3 nitrogen and oxygen atoms in total. The van der Waals surface area contributed by atoms with Crippen LogP contribution < -0.4 is 31.1 Å². The fourth-order valence-corrected chi connectivity index (χ4v) is 10.7. The van der Waals surface area contributed by atoms with Crippen LogP contribution in [0.1, 0.15) is 0 Å². The summed E-state index contributed by atoms with van der Waals surface area (Å²) in [5.41, 5.74) is 19.6. The minimum atomic E-state index is -0.0785. The third kappa shape index (κ3) is 4.50. The maximum atomic E-state index is 2.62. The predicted molar refractivity (Wildman–Crippen MR) is 255 cm³/mol. The molecule has 3 aliphatic rings. The maximum absolute atomic E-state index is 2.62. The van der Waals surface area contributed by atoms with Crippen LogP contribution in [0.3, 0.4) is 0 Å². The second-order valence-corrected chi connectivity index (χ2v) is 16.0. The molecule has 0 unspecified atom stereocenters. The summed E-state index contributed by atoms with van der Waals surface area (Å²) < 4.78 is 0. The van der Waals surface area contributed by atoms with Gasteiger partial charge in [-0.15, -0.1) is 0 Å². The van der Waals surface area contributed by atoms with Crippen molar-refractivity contribution in [3.63, 3.8) is 0 Å². The molecule has 0 aliphatic carbocycles. The molecule has 0 saturated carbocycles. The van der Waals surface area contributed by atoms with Crippen molar-refractivity contribution in [2.45, 2.75) is 0 Å². The fraction of sp³-hybridized carbons (Fsp3) is 0. The molecule has 3 heterocycles. The van der Waals surface area contributed by atoms with Gasteiger partial charge in [-0.3, -0.25) is 0 Å². The number of nitrogens with zero attached hydrogens (tertiary/aromatic N) is 3. The van der Waals surface area contributed by atoms with Gasteiger partial charge in [0, 0.05) is 50.3 Å². The van der Waals surface area contributed by atoms with Crippen molar-refractivity contribution >= 4 is 95.8 Å². The Morgan fingerprint density at radius 2 is 0.583 bits per heavy atom. The summed E-state index contributed by atoms with van der Waals surface area (Å²) in [6, 6.07) is 80.4. The molecule has 0 bridgehead atoms. The number of rotatable bonds is 5. The first-order valence-electron chi connectivity index (χ1n) is 20.8. The van der Waals surface area contributed by atoms with Crippen LogP contribution in [0.4, 0.5) is 51.2 Å². The Kier molecular flexibility index (Phi) is 7.10. The van der Waals surface area contributed by atoms with Crippen LogP contribution in [0.15, 0.2) is 218 Å². The van der Waals surface area contributed by atoms with Gasteiger partial charge in [0.1, 0.15) is 0 Å². The summed E-state index contributed by atoms with van der Waals surface area (Å²) in [4.78, 5) is 7.77. The van der Waals surface area contributed by atoms with Gasteiger partial charge in [-0.25, -0.2) is 0 Å². The maximum Gasteiger partial charge on any atom is 0.257 e. The van der Waals surface area contributed by atoms with E-state index in [1.807, 2.05) is 0 Å². The first-order chi connectivity index (χ1) is 29.9. The van der Waals surface area contributed by atoms with Crippen LogP contribution in [-0.2, 0) is 0 Å². The monoisotopic (exact) mass is 761 g/mol. The third-order valence-electron chi connectivity index (χ3n) is 12.9. The van der Waals surface area contributed by atoms with Gasteiger partial charge in [0.15, 0.2) is 0 Å². The Bertz CT molecular complexity index is 3120. The zero-order valence-corrected chi connectivity index (χ0v) is 32.7. The minimum absolute atomic E-state index is 0.0785. The summed E-state index contributed by atoms with van der Waals surface area (Å²) in [7, 11) is 0. The molecule has 0 radical (unpaired) electrons. The molecular formula is C56H36BN3. The topological polar surface area (TPSA) is 9.72 Å². The molecule has 0 N–H and O–H groups in total. The van der Waals surface area contributed by atoms with E-state index in [1.54, 1.807) is 0 Å². The second-order valence-electron chi connectivity index (χ2n) is 16.0. The number of benzene rings is 10. The number of hydrogen-bond acceptors (Lipinski definition) is 3. The summed E-state index contributed by atoms with van der Waals surface area (Å²) in [6.45, 7) is -0.0785. The highest BCUT2D eigenvalue weighted by Gasteiger charge is 2.52. The average molecular weight is 762 g/mol. The molecule has 0 atom stereocenters. The van der Waals surface area contributed by atoms with Crippen molar-refractivity contribution in [1.82, 2.24) is 0 Å². The first-order valence-corrected chi connectivity index (χ1v) is 20.8. The Morgan fingerprint density at radius 3 is 0.983 bits per heavy atom. The molecule has 3 aliphatic heterocycles. The van der Waals surface area contributed by atoms with Gasteiger partial charge in [-0.2, -0.15) is 0 Å². The van der Waals surface area contributed by atoms with Crippen molar-refractivity contribution in [2.75, 3.05) is 14.7 Å². The molecule has 13 rings (SSSR count). The van der Waals surface area contributed by atoms with E-state index in [0.717, 1.165) is 17.1 Å². The summed E-state index contributed by atoms with van der Waals surface area (Å²) in [6.07, 6.45) is 0. The van der Waals surface area contributed by atoms with Gasteiger partial charge in [-0.1, -0.05) is 170 Å². The smallest absolute Gasteiger partial charge is 0.257 e. The van der Waals surface area contributed by atoms with Crippen molar-refractivity contribution < 1.29 is 0 Å². The number of anilines is 9. The lowest BCUT2D eigenvalue weighted by molar-refractivity contribution is 1.23. The molecular weight excluding hydrogens is 725 g/mol. The van der Waals surface area contributed by atoms with E-state index >= 15 is 0 Å². The van der Waals surface area contributed by atoms with Gasteiger partial charge in [0.05, 0.1) is 22.7 Å². The lowest BCUT2D eigenvalue weighted by Gasteiger charge is -2.51. The largest absolute Gasteiger partial charge is 0.311 e. The van der Waals surface area contributed by atoms with E-state index in [2.05, 4.69) is 233 Å². The van der Waals surface area contributed by atoms with Crippen LogP contribution in [0.25, 0.3) is 43.8 Å². The highest BCUT2D eigenvalue weighted by atomic mass is 15.2. The highest BCUT2D eigenvalue weighted by molar-refractivity contribution is 7.03. The Labute approximate surface area is 349 Å². The summed E-state index contributed by atoms with van der Waals surface area (Å²) in [5, 5.41) is 4.94. The molecule has 0 fully saturated rings. The highest BCUT2D eigenvalue weighted by Crippen LogP contribution is 2.58. The van der Waals surface area contributed by atoms with E-state index in [9.17, 15) is 0 Å². The molecule has 278 valence electrons. The van der Waals surface area contributed by atoms with Crippen LogP contribution in [0.5, 0.6) is 0 Å². The number of fused-ring (bicyclic) bond motifs is 4. The van der Waals surface area contributed by atoms with E-state index < -0.39 is 0 Å². The fourth-order valence-electron chi connectivity index (χ4n) is 10.7. The first kappa shape index (κ1) is 33.2. The molecule has 0 amide bonds. The Hall–Kier alpha value is -7.82. The average Bonchev–Trinajstić information content (AvgIpc) is 3.33. The van der Waals surface area contributed by atoms with E-state index in [4.69, 9.17) is 0 Å². The van der Waals surface area contributed by atoms with Crippen molar-refractivity contribution in [3.05, 3.63) is 218 Å². The molecule has 10 aromatic carbocycles. The molecule has 60 heavy (non-hydrogen) atoms. The zero-order valence-electron chi connectivity index (χ0n) is 32.7. The standard InChI is InChI=1S/C56H36BN3/c1-6-21-37(22-7-1)48-42-31-16-18-33-44(42)53-51-55(48)58(39-25-10-3-11-26-39)46-35-20-36-47-50(46)57(51)52-54(60(53)41-29-14-5-15-30-41)45-34-19-17-32-43(45)49(38-23-8-2-9-24-38)56(52)59(47)40-27-12-4-13-28-40/h1-36H. The van der Waals surface area contributed by atoms with Gasteiger partial charge in [0.2, 0.25) is 0 Å². The minimum Gasteiger partial charge on any atom is -0.311 e. The molecule has 0 spiro atoms. The van der Waals surface area contributed by atoms with Gasteiger partial charge < -0.3 is 14.7 Å². The molecule has 0 saturated heterocycles. The SMILES string of the molecule is c1ccc(-c2c3c4c(c5ccccc25)N(c2ccccc2)c2c5c(c(-c6ccccc6)c6ccccc26)N(c2ccccc2)c2cccc(c2B45)N3c2ccccc2)cc1. The number of para-hydroxylation sites is 3. The van der Waals surface area contributed by atoms with Crippen molar-refractivity contribution in [3.8, 4) is 22.3 Å². The second kappa shape index (κ2) is 12.8. The summed E-state index contributed by atoms with van der Waals surface area (Å²) in [5.74, 6) is 0. The van der Waals surface area contributed by atoms with E-state index in [1.165, 1.54) is 94.3 Å². The quantitative estimate of drug-likeness (QED) is 0.162. The molecule has 10 aromatic rings. The van der Waals surface area contributed by atoms with Crippen LogP contribution >= 0.6 is 0 Å². The van der Waals surface area contributed by atoms with Crippen LogP contribution in [0.2, 0.25) is 0 Å². The lowest BCUT2D eigenvalue weighted by atomic mass is 9.31. The van der Waals surface area contributed by atoms with Crippen LogP contribution in [-0.4, -0.2) is 6.71 Å². The predicted octanol–water partition coefficient (Wildman–Crippen LogP) is 13.2. The van der Waals surface area contributed by atoms with Gasteiger partial charge in [0.25, 0.3) is 6.71 Å². The van der Waals surface area contributed by atoms with Crippen LogP contribution in [0, 0.1) is 0 Å². The lowest BCUT2D eigenvalue weighted by Crippen LogP contribution is -2.65. The van der Waals surface area contributed by atoms with Gasteiger partial charge in [-0.05, 0) is 86.8 Å². The normalized spacial score (nSPS) is 13.2. The van der Waals surface area contributed by atoms with E-state index in [-0.39, 0.29) is 6.71 Å². The Balaban J connectivity index is 1.33. The number of hydrogen-bond donors (Lipinski definition) is 0. The van der Waals surface area contributed by atoms with Crippen molar-refractivity contribution in [1.29, 1.82) is 0 Å². The third-order valence-corrected chi connectivity index (χ3v) is 12.9. The molecule has 0 aromatic heterocycles. The summed E-state index contributed by atoms with van der Waals surface area (Å²) >= 11 is 0. The molecule has 4 heteroatoms. The van der Waals surface area contributed by atoms with Crippen molar-refractivity contribution in [2.24, 2.45) is 0 Å².